The van der Waals surface area contributed by atoms with Gasteiger partial charge in [-0.3, -0.25) is 13.9 Å². The van der Waals surface area contributed by atoms with Crippen LogP contribution in [0.4, 0.5) is 5.69 Å². The molecule has 0 aliphatic heterocycles. The lowest BCUT2D eigenvalue weighted by Gasteiger charge is -2.34. The SMILES string of the molecule is CCC(C)NC(=O)C(Cc1ccccc1)N(Cc1ccc(Br)cc1)C(=O)CN(c1cccc(Cl)c1C)S(=O)(=O)c1ccccc1. The molecule has 0 fully saturated rings. The first-order valence-electron chi connectivity index (χ1n) is 14.7. The maximum Gasteiger partial charge on any atom is 0.264 e. The number of anilines is 1. The highest BCUT2D eigenvalue weighted by molar-refractivity contribution is 9.10. The fourth-order valence-electron chi connectivity index (χ4n) is 4.88. The normalized spacial score (nSPS) is 12.6. The van der Waals surface area contributed by atoms with Gasteiger partial charge in [-0.1, -0.05) is 101 Å². The van der Waals surface area contributed by atoms with Gasteiger partial charge < -0.3 is 10.2 Å². The number of carbonyl (C=O) groups excluding carboxylic acids is 2. The van der Waals surface area contributed by atoms with Crippen LogP contribution < -0.4 is 9.62 Å². The Morgan fingerprint density at radius 2 is 1.49 bits per heavy atom. The van der Waals surface area contributed by atoms with Crippen molar-refractivity contribution in [3.8, 4) is 0 Å². The highest BCUT2D eigenvalue weighted by Gasteiger charge is 2.35. The number of benzene rings is 4. The smallest absolute Gasteiger partial charge is 0.264 e. The van der Waals surface area contributed by atoms with Gasteiger partial charge in [0.15, 0.2) is 0 Å². The van der Waals surface area contributed by atoms with Gasteiger partial charge in [-0.05, 0) is 73.4 Å². The van der Waals surface area contributed by atoms with Crippen molar-refractivity contribution in [2.75, 3.05) is 10.8 Å². The maximum absolute atomic E-state index is 14.6. The average Bonchev–Trinajstić information content (AvgIpc) is 3.04. The Hall–Kier alpha value is -3.66. The largest absolute Gasteiger partial charge is 0.352 e. The summed E-state index contributed by atoms with van der Waals surface area (Å²) in [6.45, 7) is 5.14. The molecule has 236 valence electrons. The summed E-state index contributed by atoms with van der Waals surface area (Å²) in [4.78, 5) is 30.0. The third kappa shape index (κ3) is 8.75. The zero-order valence-corrected chi connectivity index (χ0v) is 28.6. The van der Waals surface area contributed by atoms with Gasteiger partial charge in [0.1, 0.15) is 12.6 Å². The molecule has 2 unspecified atom stereocenters. The average molecular weight is 711 g/mol. The molecule has 1 N–H and O–H groups in total. The summed E-state index contributed by atoms with van der Waals surface area (Å²) in [5.74, 6) is -0.841. The molecule has 2 amide bonds. The molecule has 0 spiro atoms. The number of nitrogens with one attached hydrogen (secondary N) is 1. The van der Waals surface area contributed by atoms with Gasteiger partial charge in [0, 0.05) is 28.5 Å². The molecule has 0 aliphatic rings. The monoisotopic (exact) mass is 709 g/mol. The van der Waals surface area contributed by atoms with Crippen LogP contribution in [0.25, 0.3) is 0 Å². The molecular weight excluding hydrogens is 674 g/mol. The zero-order valence-electron chi connectivity index (χ0n) is 25.5. The van der Waals surface area contributed by atoms with Crippen molar-refractivity contribution in [1.29, 1.82) is 0 Å². The van der Waals surface area contributed by atoms with E-state index in [0.29, 0.717) is 17.0 Å². The van der Waals surface area contributed by atoms with Crippen LogP contribution in [-0.2, 0) is 32.6 Å². The molecule has 0 aromatic heterocycles. The van der Waals surface area contributed by atoms with Gasteiger partial charge in [0.25, 0.3) is 10.0 Å². The van der Waals surface area contributed by atoms with E-state index in [9.17, 15) is 18.0 Å². The van der Waals surface area contributed by atoms with E-state index >= 15 is 0 Å². The van der Waals surface area contributed by atoms with Crippen molar-refractivity contribution in [2.24, 2.45) is 0 Å². The Morgan fingerprint density at radius 3 is 2.11 bits per heavy atom. The second kappa shape index (κ2) is 15.6. The van der Waals surface area contributed by atoms with Crippen LogP contribution in [0.1, 0.15) is 37.0 Å². The quantitative estimate of drug-likeness (QED) is 0.160. The molecule has 0 heterocycles. The summed E-state index contributed by atoms with van der Waals surface area (Å²) in [6, 6.07) is 28.8. The number of halogens is 2. The number of amides is 2. The first-order valence-corrected chi connectivity index (χ1v) is 17.3. The molecule has 7 nitrogen and oxygen atoms in total. The molecule has 2 atom stereocenters. The van der Waals surface area contributed by atoms with Crippen LogP contribution in [0, 0.1) is 6.92 Å². The van der Waals surface area contributed by atoms with Crippen molar-refractivity contribution in [3.05, 3.63) is 129 Å². The summed E-state index contributed by atoms with van der Waals surface area (Å²) in [5, 5.41) is 3.42. The van der Waals surface area contributed by atoms with E-state index in [-0.39, 0.29) is 35.5 Å². The van der Waals surface area contributed by atoms with E-state index in [1.165, 1.54) is 17.0 Å². The van der Waals surface area contributed by atoms with Gasteiger partial charge in [0.05, 0.1) is 10.6 Å². The predicted molar refractivity (Wildman–Crippen MR) is 184 cm³/mol. The summed E-state index contributed by atoms with van der Waals surface area (Å²) < 4.78 is 30.3. The summed E-state index contributed by atoms with van der Waals surface area (Å²) in [7, 11) is -4.21. The Labute approximate surface area is 279 Å². The maximum atomic E-state index is 14.6. The minimum Gasteiger partial charge on any atom is -0.352 e. The number of sulfonamides is 1. The van der Waals surface area contributed by atoms with Crippen LogP contribution in [0.15, 0.2) is 112 Å². The van der Waals surface area contributed by atoms with Crippen LogP contribution >= 0.6 is 27.5 Å². The van der Waals surface area contributed by atoms with Crippen molar-refractivity contribution < 1.29 is 18.0 Å². The zero-order chi connectivity index (χ0) is 32.6. The second-order valence-electron chi connectivity index (χ2n) is 10.9. The molecule has 4 aromatic rings. The fraction of sp³-hybridized carbons (Fsp3) is 0.257. The molecule has 0 bridgehead atoms. The lowest BCUT2D eigenvalue weighted by Crippen LogP contribution is -2.54. The molecule has 0 saturated carbocycles. The Bertz CT molecular complexity index is 1700. The van der Waals surface area contributed by atoms with Crippen LogP contribution in [0.5, 0.6) is 0 Å². The first kappa shape index (κ1) is 34.2. The molecular formula is C35H37BrClN3O4S. The highest BCUT2D eigenvalue weighted by atomic mass is 79.9. The van der Waals surface area contributed by atoms with E-state index in [0.717, 1.165) is 19.9 Å². The molecule has 45 heavy (non-hydrogen) atoms. The fourth-order valence-corrected chi connectivity index (χ4v) is 6.81. The third-order valence-corrected chi connectivity index (χ3v) is 10.4. The standard InChI is InChI=1S/C35H37BrClN3O4S/c1-4-25(2)38-35(42)33(22-27-12-7-5-8-13-27)39(23-28-18-20-29(36)21-19-28)34(41)24-40(32-17-11-16-31(37)26(32)3)45(43,44)30-14-9-6-10-15-30/h5-21,25,33H,4,22-24H2,1-3H3,(H,38,42). The van der Waals surface area contributed by atoms with Gasteiger partial charge in [-0.15, -0.1) is 0 Å². The Balaban J connectivity index is 1.83. The second-order valence-corrected chi connectivity index (χ2v) is 14.1. The minimum atomic E-state index is -4.21. The van der Waals surface area contributed by atoms with Crippen molar-refractivity contribution in [2.45, 2.75) is 57.1 Å². The molecule has 0 saturated heterocycles. The van der Waals surface area contributed by atoms with Crippen molar-refractivity contribution in [3.63, 3.8) is 0 Å². The first-order chi connectivity index (χ1) is 21.5. The number of nitrogens with zero attached hydrogens (tertiary/aromatic N) is 2. The highest BCUT2D eigenvalue weighted by Crippen LogP contribution is 2.31. The van der Waals surface area contributed by atoms with Crippen LogP contribution in [0.2, 0.25) is 5.02 Å². The molecule has 10 heteroatoms. The van der Waals surface area contributed by atoms with Gasteiger partial charge in [0.2, 0.25) is 11.8 Å². The molecule has 4 aromatic carbocycles. The van der Waals surface area contributed by atoms with E-state index < -0.39 is 28.5 Å². The summed E-state index contributed by atoms with van der Waals surface area (Å²) >= 11 is 9.90. The Kier molecular flexibility index (Phi) is 11.8. The van der Waals surface area contributed by atoms with Gasteiger partial charge in [-0.25, -0.2) is 8.42 Å². The van der Waals surface area contributed by atoms with Crippen LogP contribution in [-0.4, -0.2) is 43.8 Å². The lowest BCUT2D eigenvalue weighted by atomic mass is 10.0. The van der Waals surface area contributed by atoms with Crippen LogP contribution in [0.3, 0.4) is 0 Å². The minimum absolute atomic E-state index is 0.0342. The topological polar surface area (TPSA) is 86.8 Å². The number of hydrogen-bond donors (Lipinski definition) is 1. The number of hydrogen-bond acceptors (Lipinski definition) is 4. The Morgan fingerprint density at radius 1 is 0.867 bits per heavy atom. The van der Waals surface area contributed by atoms with Crippen molar-refractivity contribution in [1.82, 2.24) is 10.2 Å². The van der Waals surface area contributed by atoms with Gasteiger partial charge >= 0.3 is 0 Å². The third-order valence-electron chi connectivity index (χ3n) is 7.66. The van der Waals surface area contributed by atoms with Gasteiger partial charge in [-0.2, -0.15) is 0 Å². The van der Waals surface area contributed by atoms with E-state index in [2.05, 4.69) is 21.2 Å². The summed E-state index contributed by atoms with van der Waals surface area (Å²) in [6.07, 6.45) is 0.953. The predicted octanol–water partition coefficient (Wildman–Crippen LogP) is 7.16. The number of carbonyl (C=O) groups is 2. The molecule has 4 rings (SSSR count). The summed E-state index contributed by atoms with van der Waals surface area (Å²) in [5.41, 5.74) is 2.46. The van der Waals surface area contributed by atoms with E-state index in [1.807, 2.05) is 68.4 Å². The molecule has 0 aliphatic carbocycles. The number of rotatable bonds is 13. The molecule has 0 radical (unpaired) electrons. The van der Waals surface area contributed by atoms with Crippen molar-refractivity contribution >= 4 is 55.1 Å². The van der Waals surface area contributed by atoms with E-state index in [4.69, 9.17) is 11.6 Å². The van der Waals surface area contributed by atoms with E-state index in [1.54, 1.807) is 43.3 Å². The lowest BCUT2D eigenvalue weighted by molar-refractivity contribution is -0.140.